The van der Waals surface area contributed by atoms with Gasteiger partial charge < -0.3 is 0 Å². The summed E-state index contributed by atoms with van der Waals surface area (Å²) in [5.41, 5.74) is 0.882. The van der Waals surface area contributed by atoms with Crippen LogP contribution < -0.4 is 0 Å². The summed E-state index contributed by atoms with van der Waals surface area (Å²) >= 11 is 1.61. The SMILES string of the molecule is N#CCC(=Cc1cccs1)CC#N. The molecule has 0 N–H and O–H groups in total. The quantitative estimate of drug-likeness (QED) is 0.732. The Morgan fingerprint density at radius 2 is 2.08 bits per heavy atom. The Morgan fingerprint density at radius 1 is 1.38 bits per heavy atom. The first-order valence-electron chi connectivity index (χ1n) is 3.83. The Hall–Kier alpha value is -1.58. The van der Waals surface area contributed by atoms with Gasteiger partial charge in [0.15, 0.2) is 0 Å². The molecule has 1 aromatic rings. The van der Waals surface area contributed by atoms with Gasteiger partial charge in [-0.2, -0.15) is 10.5 Å². The molecule has 0 unspecified atom stereocenters. The highest BCUT2D eigenvalue weighted by molar-refractivity contribution is 7.10. The van der Waals surface area contributed by atoms with E-state index in [1.165, 1.54) is 0 Å². The van der Waals surface area contributed by atoms with Crippen LogP contribution >= 0.6 is 11.3 Å². The summed E-state index contributed by atoms with van der Waals surface area (Å²) in [4.78, 5) is 1.10. The van der Waals surface area contributed by atoms with Crippen LogP contribution in [-0.2, 0) is 0 Å². The minimum absolute atomic E-state index is 0.339. The summed E-state index contributed by atoms with van der Waals surface area (Å²) in [5, 5.41) is 19.0. The Labute approximate surface area is 81.4 Å². The molecule has 1 aromatic heterocycles. The molecule has 0 radical (unpaired) electrons. The van der Waals surface area contributed by atoms with Crippen LogP contribution in [0.5, 0.6) is 0 Å². The Kier molecular flexibility index (Phi) is 3.75. The molecule has 0 spiro atoms. The van der Waals surface area contributed by atoms with Crippen LogP contribution in [0.3, 0.4) is 0 Å². The van der Waals surface area contributed by atoms with Crippen LogP contribution in [0, 0.1) is 22.7 Å². The largest absolute Gasteiger partial charge is 0.198 e. The lowest BCUT2D eigenvalue weighted by Crippen LogP contribution is -1.78. The second kappa shape index (κ2) is 5.13. The number of hydrogen-bond acceptors (Lipinski definition) is 3. The molecule has 0 aromatic carbocycles. The second-order valence-electron chi connectivity index (χ2n) is 2.49. The molecule has 3 heteroatoms. The molecule has 64 valence electrons. The molecule has 0 saturated carbocycles. The van der Waals surface area contributed by atoms with Crippen LogP contribution in [0.25, 0.3) is 6.08 Å². The minimum atomic E-state index is 0.339. The molecule has 2 nitrogen and oxygen atoms in total. The third kappa shape index (κ3) is 3.11. The summed E-state index contributed by atoms with van der Waals surface area (Å²) in [7, 11) is 0. The predicted molar refractivity (Wildman–Crippen MR) is 52.8 cm³/mol. The van der Waals surface area contributed by atoms with E-state index in [1.54, 1.807) is 11.3 Å². The summed E-state index contributed by atoms with van der Waals surface area (Å²) in [6.07, 6.45) is 2.59. The van der Waals surface area contributed by atoms with E-state index in [1.807, 2.05) is 23.6 Å². The molecule has 0 fully saturated rings. The van der Waals surface area contributed by atoms with Crippen LogP contribution in [0.1, 0.15) is 17.7 Å². The zero-order chi connectivity index (χ0) is 9.52. The predicted octanol–water partition coefficient (Wildman–Crippen LogP) is 2.96. The number of thiophene rings is 1. The molecular formula is C10H8N2S. The van der Waals surface area contributed by atoms with E-state index in [0.717, 1.165) is 10.5 Å². The van der Waals surface area contributed by atoms with Gasteiger partial charge in [-0.15, -0.1) is 11.3 Å². The summed E-state index contributed by atoms with van der Waals surface area (Å²) in [5.74, 6) is 0. The van der Waals surface area contributed by atoms with Crippen molar-refractivity contribution in [2.75, 3.05) is 0 Å². The monoisotopic (exact) mass is 188 g/mol. The summed E-state index contributed by atoms with van der Waals surface area (Å²) in [6, 6.07) is 8.02. The van der Waals surface area contributed by atoms with Gasteiger partial charge in [-0.05, 0) is 23.1 Å². The van der Waals surface area contributed by atoms with E-state index in [2.05, 4.69) is 12.1 Å². The van der Waals surface area contributed by atoms with Gasteiger partial charge in [0.25, 0.3) is 0 Å². The molecule has 1 heterocycles. The van der Waals surface area contributed by atoms with Crippen molar-refractivity contribution in [2.45, 2.75) is 12.8 Å². The highest BCUT2D eigenvalue weighted by Gasteiger charge is 1.96. The fraction of sp³-hybridized carbons (Fsp3) is 0.200. The first kappa shape index (κ1) is 9.51. The van der Waals surface area contributed by atoms with E-state index >= 15 is 0 Å². The van der Waals surface area contributed by atoms with Crippen molar-refractivity contribution >= 4 is 17.4 Å². The Balaban J connectivity index is 2.77. The highest BCUT2D eigenvalue weighted by atomic mass is 32.1. The summed E-state index contributed by atoms with van der Waals surface area (Å²) < 4.78 is 0. The van der Waals surface area contributed by atoms with Crippen molar-refractivity contribution in [1.29, 1.82) is 10.5 Å². The lowest BCUT2D eigenvalue weighted by atomic mass is 10.1. The van der Waals surface area contributed by atoms with Gasteiger partial charge in [-0.1, -0.05) is 6.07 Å². The maximum absolute atomic E-state index is 8.50. The number of nitriles is 2. The maximum atomic E-state index is 8.50. The van der Waals surface area contributed by atoms with Crippen molar-refractivity contribution in [2.24, 2.45) is 0 Å². The highest BCUT2D eigenvalue weighted by Crippen LogP contribution is 2.16. The van der Waals surface area contributed by atoms with Crippen molar-refractivity contribution in [1.82, 2.24) is 0 Å². The van der Waals surface area contributed by atoms with Crippen LogP contribution in [0.4, 0.5) is 0 Å². The molecule has 0 bridgehead atoms. The van der Waals surface area contributed by atoms with Gasteiger partial charge in [0.2, 0.25) is 0 Å². The van der Waals surface area contributed by atoms with E-state index < -0.39 is 0 Å². The standard InChI is InChI=1S/C10H8N2S/c11-5-3-9(4-6-12)8-10-2-1-7-13-10/h1-2,7-8H,3-4H2. The van der Waals surface area contributed by atoms with Crippen LogP contribution in [0.15, 0.2) is 23.1 Å². The third-order valence-electron chi connectivity index (χ3n) is 1.50. The normalized spacial score (nSPS) is 8.46. The molecule has 0 saturated heterocycles. The van der Waals surface area contributed by atoms with Crippen molar-refractivity contribution in [3.8, 4) is 12.1 Å². The Morgan fingerprint density at radius 3 is 2.54 bits per heavy atom. The minimum Gasteiger partial charge on any atom is -0.198 e. The van der Waals surface area contributed by atoms with Gasteiger partial charge in [0.1, 0.15) is 0 Å². The van der Waals surface area contributed by atoms with E-state index in [0.29, 0.717) is 12.8 Å². The maximum Gasteiger partial charge on any atom is 0.0666 e. The molecule has 0 atom stereocenters. The molecule has 0 aliphatic heterocycles. The number of rotatable bonds is 3. The molecule has 0 amide bonds. The van der Waals surface area contributed by atoms with E-state index in [4.69, 9.17) is 10.5 Å². The van der Waals surface area contributed by atoms with Gasteiger partial charge in [0, 0.05) is 4.88 Å². The molecule has 0 aliphatic rings. The first-order chi connectivity index (χ1) is 6.36. The molecule has 13 heavy (non-hydrogen) atoms. The average molecular weight is 188 g/mol. The average Bonchev–Trinajstić information content (AvgIpc) is 2.58. The molecule has 1 rings (SSSR count). The Bertz CT molecular complexity index is 345. The topological polar surface area (TPSA) is 47.6 Å². The van der Waals surface area contributed by atoms with E-state index in [-0.39, 0.29) is 0 Å². The lowest BCUT2D eigenvalue weighted by molar-refractivity contribution is 1.13. The molecule has 0 aliphatic carbocycles. The van der Waals surface area contributed by atoms with Gasteiger partial charge in [-0.3, -0.25) is 0 Å². The molecular weight excluding hydrogens is 180 g/mol. The zero-order valence-corrected chi connectivity index (χ0v) is 7.84. The fourth-order valence-electron chi connectivity index (χ4n) is 0.942. The van der Waals surface area contributed by atoms with Crippen LogP contribution in [-0.4, -0.2) is 0 Å². The first-order valence-corrected chi connectivity index (χ1v) is 4.71. The second-order valence-corrected chi connectivity index (χ2v) is 3.47. The zero-order valence-electron chi connectivity index (χ0n) is 7.03. The smallest absolute Gasteiger partial charge is 0.0666 e. The van der Waals surface area contributed by atoms with Crippen molar-refractivity contribution in [3.05, 3.63) is 28.0 Å². The number of nitrogens with zero attached hydrogens (tertiary/aromatic N) is 2. The van der Waals surface area contributed by atoms with Crippen molar-refractivity contribution < 1.29 is 0 Å². The van der Waals surface area contributed by atoms with Gasteiger partial charge >= 0.3 is 0 Å². The van der Waals surface area contributed by atoms with Crippen molar-refractivity contribution in [3.63, 3.8) is 0 Å². The van der Waals surface area contributed by atoms with Crippen LogP contribution in [0.2, 0.25) is 0 Å². The van der Waals surface area contributed by atoms with E-state index in [9.17, 15) is 0 Å². The number of allylic oxidation sites excluding steroid dienone is 1. The van der Waals surface area contributed by atoms with Gasteiger partial charge in [-0.25, -0.2) is 0 Å². The van der Waals surface area contributed by atoms with Gasteiger partial charge in [0.05, 0.1) is 25.0 Å². The third-order valence-corrected chi connectivity index (χ3v) is 2.32. The lowest BCUT2D eigenvalue weighted by Gasteiger charge is -1.93. The fourth-order valence-corrected chi connectivity index (χ4v) is 1.65. The summed E-state index contributed by atoms with van der Waals surface area (Å²) in [6.45, 7) is 0. The number of hydrogen-bond donors (Lipinski definition) is 0.